The molecule has 0 saturated carbocycles. The van der Waals surface area contributed by atoms with E-state index in [1.807, 2.05) is 6.92 Å². The van der Waals surface area contributed by atoms with Crippen LogP contribution in [0.2, 0.25) is 0 Å². The van der Waals surface area contributed by atoms with Gasteiger partial charge in [-0.05, 0) is 25.7 Å². The van der Waals surface area contributed by atoms with Gasteiger partial charge in [0.15, 0.2) is 0 Å². The second-order valence-electron chi connectivity index (χ2n) is 5.99. The van der Waals surface area contributed by atoms with Crippen molar-refractivity contribution in [3.63, 3.8) is 0 Å². The van der Waals surface area contributed by atoms with Gasteiger partial charge in [-0.2, -0.15) is 5.26 Å². The van der Waals surface area contributed by atoms with Crippen LogP contribution in [-0.2, 0) is 4.79 Å². The minimum atomic E-state index is -0.109. The molecule has 0 aliphatic carbocycles. The van der Waals surface area contributed by atoms with E-state index >= 15 is 0 Å². The first-order chi connectivity index (χ1) is 10.7. The van der Waals surface area contributed by atoms with Gasteiger partial charge in [-0.15, -0.1) is 0 Å². The maximum absolute atomic E-state index is 12.1. The van der Waals surface area contributed by atoms with Crippen molar-refractivity contribution in [1.29, 1.82) is 5.26 Å². The molecule has 1 amide bonds. The van der Waals surface area contributed by atoms with E-state index in [0.717, 1.165) is 45.4 Å². The third-order valence-corrected chi connectivity index (χ3v) is 4.04. The van der Waals surface area contributed by atoms with Crippen molar-refractivity contribution in [2.75, 3.05) is 32.8 Å². The van der Waals surface area contributed by atoms with Gasteiger partial charge in [-0.1, -0.05) is 26.0 Å². The summed E-state index contributed by atoms with van der Waals surface area (Å²) in [6.45, 7) is 8.53. The van der Waals surface area contributed by atoms with E-state index in [4.69, 9.17) is 0 Å². The van der Waals surface area contributed by atoms with Crippen molar-refractivity contribution in [1.82, 2.24) is 15.5 Å². The molecule has 124 valence electrons. The van der Waals surface area contributed by atoms with Gasteiger partial charge in [-0.25, -0.2) is 0 Å². The molecule has 5 heteroatoms. The number of carbonyl (C=O) groups is 1. The van der Waals surface area contributed by atoms with Crippen LogP contribution in [0.3, 0.4) is 0 Å². The van der Waals surface area contributed by atoms with Gasteiger partial charge in [-0.3, -0.25) is 9.69 Å². The molecule has 0 spiro atoms. The number of nitriles is 1. The number of carbonyl (C=O) groups excluding carboxylic acids is 1. The Bertz CT molecular complexity index is 383. The van der Waals surface area contributed by atoms with E-state index in [0.29, 0.717) is 13.1 Å². The summed E-state index contributed by atoms with van der Waals surface area (Å²) in [5.41, 5.74) is 0. The third kappa shape index (κ3) is 7.58. The van der Waals surface area contributed by atoms with Gasteiger partial charge in [0.05, 0.1) is 12.7 Å². The standard InChI is InChI=1S/C17H30N4O/c1-3-4-5-6-7-16(13-18)12-15(2)17(22)20-14-21-10-8-19-9-11-21/h4-5,15-16,19H,3,6-12,14H2,1-2H3,(H,20,22). The van der Waals surface area contributed by atoms with Crippen LogP contribution in [0.1, 0.15) is 39.5 Å². The molecule has 5 nitrogen and oxygen atoms in total. The highest BCUT2D eigenvalue weighted by molar-refractivity contribution is 5.78. The Balaban J connectivity index is 2.25. The molecule has 1 heterocycles. The fourth-order valence-electron chi connectivity index (χ4n) is 2.58. The molecule has 2 unspecified atom stereocenters. The van der Waals surface area contributed by atoms with Crippen LogP contribution in [0.4, 0.5) is 0 Å². The summed E-state index contributed by atoms with van der Waals surface area (Å²) < 4.78 is 0. The Morgan fingerprint density at radius 2 is 2.14 bits per heavy atom. The number of hydrogen-bond donors (Lipinski definition) is 2. The lowest BCUT2D eigenvalue weighted by Crippen LogP contribution is -2.48. The second-order valence-corrected chi connectivity index (χ2v) is 5.99. The van der Waals surface area contributed by atoms with Gasteiger partial charge in [0.25, 0.3) is 0 Å². The first-order valence-electron chi connectivity index (χ1n) is 8.42. The van der Waals surface area contributed by atoms with Crippen LogP contribution in [0.5, 0.6) is 0 Å². The Morgan fingerprint density at radius 1 is 1.41 bits per heavy atom. The number of rotatable bonds is 9. The summed E-state index contributed by atoms with van der Waals surface area (Å²) in [5, 5.41) is 15.5. The topological polar surface area (TPSA) is 68.2 Å². The van der Waals surface area contributed by atoms with Crippen molar-refractivity contribution < 1.29 is 4.79 Å². The van der Waals surface area contributed by atoms with E-state index in [1.54, 1.807) is 0 Å². The largest absolute Gasteiger partial charge is 0.343 e. The lowest BCUT2D eigenvalue weighted by Gasteiger charge is -2.27. The Labute approximate surface area is 134 Å². The second kappa shape index (κ2) is 11.2. The van der Waals surface area contributed by atoms with Crippen molar-refractivity contribution in [2.24, 2.45) is 11.8 Å². The number of allylic oxidation sites excluding steroid dienone is 2. The van der Waals surface area contributed by atoms with Crippen LogP contribution >= 0.6 is 0 Å². The number of nitrogens with one attached hydrogen (secondary N) is 2. The van der Waals surface area contributed by atoms with Crippen LogP contribution in [0.25, 0.3) is 0 Å². The zero-order valence-corrected chi connectivity index (χ0v) is 14.0. The lowest BCUT2D eigenvalue weighted by atomic mass is 9.92. The van der Waals surface area contributed by atoms with Gasteiger partial charge in [0.1, 0.15) is 0 Å². The van der Waals surface area contributed by atoms with Gasteiger partial charge < -0.3 is 10.6 Å². The summed E-state index contributed by atoms with van der Waals surface area (Å²) in [4.78, 5) is 14.4. The molecular weight excluding hydrogens is 276 g/mol. The number of piperazine rings is 1. The third-order valence-electron chi connectivity index (χ3n) is 4.04. The van der Waals surface area contributed by atoms with Crippen LogP contribution in [0, 0.1) is 23.2 Å². The molecule has 0 aromatic rings. The summed E-state index contributed by atoms with van der Waals surface area (Å²) >= 11 is 0. The first kappa shape index (κ1) is 18.7. The summed E-state index contributed by atoms with van der Waals surface area (Å²) in [6, 6.07) is 2.34. The van der Waals surface area contributed by atoms with Crippen molar-refractivity contribution in [3.05, 3.63) is 12.2 Å². The molecule has 22 heavy (non-hydrogen) atoms. The Kier molecular flexibility index (Phi) is 9.52. The summed E-state index contributed by atoms with van der Waals surface area (Å²) in [6.07, 6.45) is 7.67. The molecule has 0 bridgehead atoms. The highest BCUT2D eigenvalue weighted by Gasteiger charge is 2.19. The lowest BCUT2D eigenvalue weighted by molar-refractivity contribution is -0.125. The molecule has 1 fully saturated rings. The van der Waals surface area contributed by atoms with Crippen LogP contribution < -0.4 is 10.6 Å². The van der Waals surface area contributed by atoms with E-state index in [1.165, 1.54) is 0 Å². The molecule has 2 N–H and O–H groups in total. The highest BCUT2D eigenvalue weighted by atomic mass is 16.1. The van der Waals surface area contributed by atoms with E-state index < -0.39 is 0 Å². The number of amides is 1. The quantitative estimate of drug-likeness (QED) is 0.638. The Hall–Kier alpha value is -1.38. The molecule has 0 radical (unpaired) electrons. The predicted octanol–water partition coefficient (Wildman–Crippen LogP) is 1.88. The van der Waals surface area contributed by atoms with Gasteiger partial charge in [0.2, 0.25) is 5.91 Å². The van der Waals surface area contributed by atoms with Crippen LogP contribution in [-0.4, -0.2) is 43.7 Å². The molecule has 0 aromatic heterocycles. The molecule has 1 saturated heterocycles. The van der Waals surface area contributed by atoms with E-state index in [-0.39, 0.29) is 17.7 Å². The normalized spacial score (nSPS) is 18.8. The fraction of sp³-hybridized carbons (Fsp3) is 0.765. The maximum Gasteiger partial charge on any atom is 0.223 e. The number of nitrogens with zero attached hydrogens (tertiary/aromatic N) is 2. The average molecular weight is 306 g/mol. The smallest absolute Gasteiger partial charge is 0.223 e. The van der Waals surface area contributed by atoms with Gasteiger partial charge >= 0.3 is 0 Å². The first-order valence-corrected chi connectivity index (χ1v) is 8.42. The molecule has 1 aliphatic rings. The highest BCUT2D eigenvalue weighted by Crippen LogP contribution is 2.17. The SMILES string of the molecule is CCC=CCCC(C#N)CC(C)C(=O)NCN1CCNCC1. The zero-order chi connectivity index (χ0) is 16.2. The minimum absolute atomic E-state index is 0.0403. The predicted molar refractivity (Wildman–Crippen MR) is 89.0 cm³/mol. The Morgan fingerprint density at radius 3 is 2.77 bits per heavy atom. The maximum atomic E-state index is 12.1. The van der Waals surface area contributed by atoms with E-state index in [9.17, 15) is 10.1 Å². The average Bonchev–Trinajstić information content (AvgIpc) is 2.56. The molecule has 1 aliphatic heterocycles. The zero-order valence-electron chi connectivity index (χ0n) is 14.0. The number of hydrogen-bond acceptors (Lipinski definition) is 4. The summed E-state index contributed by atoms with van der Waals surface area (Å²) in [5.74, 6) is -0.0907. The van der Waals surface area contributed by atoms with E-state index in [2.05, 4.69) is 40.7 Å². The fourth-order valence-corrected chi connectivity index (χ4v) is 2.58. The van der Waals surface area contributed by atoms with Crippen LogP contribution in [0.15, 0.2) is 12.2 Å². The molecular formula is C17H30N4O. The van der Waals surface area contributed by atoms with Crippen molar-refractivity contribution in [3.8, 4) is 6.07 Å². The van der Waals surface area contributed by atoms with Gasteiger partial charge in [0, 0.05) is 38.0 Å². The van der Waals surface area contributed by atoms with Crippen molar-refractivity contribution >= 4 is 5.91 Å². The van der Waals surface area contributed by atoms with Crippen molar-refractivity contribution in [2.45, 2.75) is 39.5 Å². The minimum Gasteiger partial charge on any atom is -0.343 e. The molecule has 0 aromatic carbocycles. The summed E-state index contributed by atoms with van der Waals surface area (Å²) in [7, 11) is 0. The molecule has 1 rings (SSSR count). The molecule has 2 atom stereocenters. The monoisotopic (exact) mass is 306 g/mol.